The predicted octanol–water partition coefficient (Wildman–Crippen LogP) is 5.54. The summed E-state index contributed by atoms with van der Waals surface area (Å²) < 4.78 is 0. The Labute approximate surface area is 174 Å². The second-order valence-corrected chi connectivity index (χ2v) is 8.60. The third kappa shape index (κ3) is 3.02. The van der Waals surface area contributed by atoms with Crippen molar-refractivity contribution in [3.05, 3.63) is 76.2 Å². The zero-order valence-corrected chi connectivity index (χ0v) is 17.1. The monoisotopic (exact) mass is 398 g/mol. The number of aliphatic imine (C=N–C) groups is 1. The van der Waals surface area contributed by atoms with Crippen molar-refractivity contribution in [2.45, 2.75) is 26.2 Å². The van der Waals surface area contributed by atoms with E-state index in [4.69, 9.17) is 15.8 Å². The van der Waals surface area contributed by atoms with E-state index < -0.39 is 0 Å². The van der Waals surface area contributed by atoms with Crippen LogP contribution >= 0.6 is 11.3 Å². The van der Waals surface area contributed by atoms with Crippen LogP contribution < -0.4 is 4.90 Å². The summed E-state index contributed by atoms with van der Waals surface area (Å²) in [5.41, 5.74) is 6.94. The van der Waals surface area contributed by atoms with Crippen LogP contribution in [0.4, 0.5) is 5.00 Å². The first-order valence-corrected chi connectivity index (χ1v) is 10.7. The molecule has 0 saturated carbocycles. The normalized spacial score (nSPS) is 15.6. The van der Waals surface area contributed by atoms with Crippen LogP contribution in [-0.4, -0.2) is 23.9 Å². The highest BCUT2D eigenvalue weighted by atomic mass is 32.1. The summed E-state index contributed by atoms with van der Waals surface area (Å²) in [5, 5.41) is 17.7. The van der Waals surface area contributed by atoms with Crippen LogP contribution in [0, 0.1) is 10.8 Å². The van der Waals surface area contributed by atoms with Gasteiger partial charge in [-0.05, 0) is 42.9 Å². The number of hydrogen-bond donors (Lipinski definition) is 2. The molecule has 0 spiro atoms. The second kappa shape index (κ2) is 7.08. The Morgan fingerprint density at radius 2 is 1.66 bits per heavy atom. The van der Waals surface area contributed by atoms with Gasteiger partial charge in [0, 0.05) is 16.0 Å². The highest BCUT2D eigenvalue weighted by Gasteiger charge is 2.32. The molecule has 2 aliphatic rings. The van der Waals surface area contributed by atoms with E-state index in [1.807, 2.05) is 6.07 Å². The molecule has 1 aromatic heterocycles. The smallest absolute Gasteiger partial charge is 0.129 e. The molecule has 0 bridgehead atoms. The fourth-order valence-corrected chi connectivity index (χ4v) is 5.73. The van der Waals surface area contributed by atoms with Gasteiger partial charge in [0.25, 0.3) is 0 Å². The fraction of sp³-hybridized carbons (Fsp3) is 0.208. The maximum atomic E-state index is 8.49. The lowest BCUT2D eigenvalue weighted by Gasteiger charge is -2.21. The molecule has 0 atom stereocenters. The van der Waals surface area contributed by atoms with Crippen molar-refractivity contribution in [2.24, 2.45) is 4.99 Å². The molecule has 2 heterocycles. The molecule has 0 fully saturated rings. The number of nitrogens with zero attached hydrogens (tertiary/aromatic N) is 2. The van der Waals surface area contributed by atoms with Gasteiger partial charge in [-0.3, -0.25) is 20.7 Å². The number of amidine groups is 2. The maximum Gasteiger partial charge on any atom is 0.129 e. The number of benzene rings is 2. The molecule has 4 nitrogen and oxygen atoms in total. The average Bonchev–Trinajstić information content (AvgIpc) is 3.28. The highest BCUT2D eigenvalue weighted by Crippen LogP contribution is 2.43. The zero-order chi connectivity index (χ0) is 20.0. The molecule has 5 rings (SSSR count). The predicted molar refractivity (Wildman–Crippen MR) is 122 cm³/mol. The Morgan fingerprint density at radius 3 is 2.38 bits per heavy atom. The number of rotatable bonds is 2. The minimum absolute atomic E-state index is 0.294. The molecule has 0 saturated heterocycles. The van der Waals surface area contributed by atoms with Gasteiger partial charge in [0.1, 0.15) is 16.7 Å². The zero-order valence-electron chi connectivity index (χ0n) is 16.3. The Kier molecular flexibility index (Phi) is 4.40. The summed E-state index contributed by atoms with van der Waals surface area (Å²) in [6.07, 6.45) is 3.32. The summed E-state index contributed by atoms with van der Waals surface area (Å²) in [7, 11) is 0. The van der Waals surface area contributed by atoms with E-state index in [1.165, 1.54) is 28.0 Å². The molecule has 29 heavy (non-hydrogen) atoms. The summed E-state index contributed by atoms with van der Waals surface area (Å²) in [6, 6.07) is 19.0. The van der Waals surface area contributed by atoms with E-state index in [-0.39, 0.29) is 0 Å². The van der Waals surface area contributed by atoms with Crippen molar-refractivity contribution in [3.8, 4) is 11.1 Å². The van der Waals surface area contributed by atoms with Gasteiger partial charge in [0.2, 0.25) is 0 Å². The van der Waals surface area contributed by atoms with Crippen molar-refractivity contribution in [1.29, 1.82) is 10.8 Å². The van der Waals surface area contributed by atoms with Crippen LogP contribution in [0.1, 0.15) is 34.9 Å². The quantitative estimate of drug-likeness (QED) is 0.432. The summed E-state index contributed by atoms with van der Waals surface area (Å²) in [4.78, 5) is 8.03. The molecule has 1 aliphatic carbocycles. The Bertz CT molecular complexity index is 1140. The second-order valence-electron chi connectivity index (χ2n) is 7.51. The molecule has 0 radical (unpaired) electrons. The van der Waals surface area contributed by atoms with Crippen molar-refractivity contribution in [1.82, 2.24) is 0 Å². The first kappa shape index (κ1) is 18.0. The van der Waals surface area contributed by atoms with Crippen molar-refractivity contribution >= 4 is 33.7 Å². The number of hydrogen-bond acceptors (Lipinski definition) is 4. The van der Waals surface area contributed by atoms with Crippen molar-refractivity contribution < 1.29 is 0 Å². The summed E-state index contributed by atoms with van der Waals surface area (Å²) in [5.74, 6) is 0.752. The van der Waals surface area contributed by atoms with Gasteiger partial charge in [0.15, 0.2) is 0 Å². The van der Waals surface area contributed by atoms with E-state index in [0.29, 0.717) is 18.2 Å². The van der Waals surface area contributed by atoms with Gasteiger partial charge in [0.05, 0.1) is 12.3 Å². The first-order valence-electron chi connectivity index (χ1n) is 9.91. The van der Waals surface area contributed by atoms with Crippen LogP contribution in [0.15, 0.2) is 59.6 Å². The lowest BCUT2D eigenvalue weighted by atomic mass is 9.96. The minimum Gasteiger partial charge on any atom is -0.288 e. The summed E-state index contributed by atoms with van der Waals surface area (Å²) >= 11 is 1.74. The molecule has 1 aliphatic heterocycles. The van der Waals surface area contributed by atoms with Gasteiger partial charge < -0.3 is 0 Å². The number of fused-ring (bicyclic) bond motifs is 3. The number of nitrogens with one attached hydrogen (secondary N) is 2. The first-order chi connectivity index (χ1) is 14.1. The molecule has 3 aromatic rings. The lowest BCUT2D eigenvalue weighted by molar-refractivity contribution is 0.914. The third-order valence-corrected chi connectivity index (χ3v) is 6.88. The van der Waals surface area contributed by atoms with Gasteiger partial charge in [-0.15, -0.1) is 11.3 Å². The molecule has 0 unspecified atom stereocenters. The van der Waals surface area contributed by atoms with Crippen LogP contribution in [-0.2, 0) is 12.8 Å². The average molecular weight is 399 g/mol. The van der Waals surface area contributed by atoms with Gasteiger partial charge in [-0.1, -0.05) is 54.6 Å². The molecule has 144 valence electrons. The van der Waals surface area contributed by atoms with Crippen LogP contribution in [0.25, 0.3) is 11.1 Å². The fourth-order valence-electron chi connectivity index (χ4n) is 4.26. The van der Waals surface area contributed by atoms with E-state index >= 15 is 0 Å². The topological polar surface area (TPSA) is 63.3 Å². The van der Waals surface area contributed by atoms with E-state index in [1.54, 1.807) is 23.2 Å². The molecule has 2 N–H and O–H groups in total. The van der Waals surface area contributed by atoms with Crippen molar-refractivity contribution in [2.75, 3.05) is 11.4 Å². The summed E-state index contributed by atoms with van der Waals surface area (Å²) in [6.45, 7) is 2.05. The number of aryl methyl sites for hydroxylation is 1. The highest BCUT2D eigenvalue weighted by molar-refractivity contribution is 7.17. The number of anilines is 1. The third-order valence-electron chi connectivity index (χ3n) is 5.60. The Balaban J connectivity index is 1.63. The number of thiophene rings is 1. The molecular formula is C24H22N4S. The van der Waals surface area contributed by atoms with E-state index in [2.05, 4.69) is 48.5 Å². The van der Waals surface area contributed by atoms with Gasteiger partial charge >= 0.3 is 0 Å². The molecule has 2 aromatic carbocycles. The SMILES string of the molecule is CC(=N)N1C(=N)CN=C(c2ccc(-c3ccccc3)cc2)c2c1sc1c2CCC1. The van der Waals surface area contributed by atoms with E-state index in [0.717, 1.165) is 34.7 Å². The standard InChI is InChI=1S/C24H22N4S/c1-15(25)28-21(26)14-27-23(22-19-8-5-9-20(19)29-24(22)28)18-12-10-17(11-13-18)16-6-3-2-4-7-16/h2-4,6-7,10-13,25-26H,5,8-9,14H2,1H3. The largest absolute Gasteiger partial charge is 0.288 e. The van der Waals surface area contributed by atoms with Gasteiger partial charge in [-0.25, -0.2) is 0 Å². The molecule has 0 amide bonds. The molecular weight excluding hydrogens is 376 g/mol. The lowest BCUT2D eigenvalue weighted by Crippen LogP contribution is -2.35. The molecule has 5 heteroatoms. The van der Waals surface area contributed by atoms with Gasteiger partial charge in [-0.2, -0.15) is 0 Å². The van der Waals surface area contributed by atoms with Crippen molar-refractivity contribution in [3.63, 3.8) is 0 Å². The minimum atomic E-state index is 0.294. The maximum absolute atomic E-state index is 8.49. The van der Waals surface area contributed by atoms with Crippen LogP contribution in [0.3, 0.4) is 0 Å². The van der Waals surface area contributed by atoms with E-state index in [9.17, 15) is 0 Å². The van der Waals surface area contributed by atoms with Crippen LogP contribution in [0.2, 0.25) is 0 Å². The Morgan fingerprint density at radius 1 is 0.966 bits per heavy atom. The van der Waals surface area contributed by atoms with Crippen LogP contribution in [0.5, 0.6) is 0 Å². The Hall–Kier alpha value is -3.05.